The fourth-order valence-electron chi connectivity index (χ4n) is 3.68. The summed E-state index contributed by atoms with van der Waals surface area (Å²) < 4.78 is 5.93. The van der Waals surface area contributed by atoms with Gasteiger partial charge < -0.3 is 20.8 Å². The van der Waals surface area contributed by atoms with Crippen LogP contribution in [0.4, 0.5) is 11.5 Å². The van der Waals surface area contributed by atoms with E-state index in [0.29, 0.717) is 23.0 Å². The molecule has 0 bridgehead atoms. The molecule has 3 aromatic heterocycles. The lowest BCUT2D eigenvalue weighted by Crippen LogP contribution is -2.55. The topological polar surface area (TPSA) is 157 Å². The first-order chi connectivity index (χ1) is 16.3. The largest absolute Gasteiger partial charge is 0.414 e. The van der Waals surface area contributed by atoms with Gasteiger partial charge >= 0.3 is 0 Å². The summed E-state index contributed by atoms with van der Waals surface area (Å²) >= 11 is 0. The third-order valence-electron chi connectivity index (χ3n) is 5.77. The highest BCUT2D eigenvalue weighted by molar-refractivity contribution is 5.69. The van der Waals surface area contributed by atoms with Crippen LogP contribution in [0.2, 0.25) is 0 Å². The molecule has 0 radical (unpaired) electrons. The molecule has 0 amide bonds. The Balaban J connectivity index is 1.47. The molecule has 170 valence electrons. The van der Waals surface area contributed by atoms with E-state index in [2.05, 4.69) is 36.1 Å². The number of anilines is 2. The van der Waals surface area contributed by atoms with Crippen molar-refractivity contribution in [3.8, 4) is 40.4 Å². The van der Waals surface area contributed by atoms with E-state index in [4.69, 9.17) is 15.9 Å². The van der Waals surface area contributed by atoms with E-state index >= 15 is 0 Å². The van der Waals surface area contributed by atoms with Crippen molar-refractivity contribution in [3.63, 3.8) is 0 Å². The monoisotopic (exact) mass is 453 g/mol. The van der Waals surface area contributed by atoms with Gasteiger partial charge in [0.15, 0.2) is 11.5 Å². The molecule has 1 fully saturated rings. The Morgan fingerprint density at radius 3 is 2.65 bits per heavy atom. The van der Waals surface area contributed by atoms with E-state index in [-0.39, 0.29) is 17.8 Å². The van der Waals surface area contributed by atoms with Crippen LogP contribution < -0.4 is 16.4 Å². The summed E-state index contributed by atoms with van der Waals surface area (Å²) in [5.41, 5.74) is 15.3. The lowest BCUT2D eigenvalue weighted by atomic mass is 9.90. The molecule has 34 heavy (non-hydrogen) atoms. The normalized spacial score (nSPS) is 14.0. The second-order valence-corrected chi connectivity index (χ2v) is 8.78. The van der Waals surface area contributed by atoms with Crippen LogP contribution in [0.1, 0.15) is 19.5 Å². The van der Waals surface area contributed by atoms with Gasteiger partial charge in [-0.3, -0.25) is 4.98 Å². The lowest BCUT2D eigenvalue weighted by molar-refractivity contribution is 0.519. The van der Waals surface area contributed by atoms with E-state index in [9.17, 15) is 5.26 Å². The third kappa shape index (κ3) is 3.93. The molecule has 10 heteroatoms. The molecule has 5 rings (SSSR count). The number of nitrogens with zero attached hydrogens (tertiary/aromatic N) is 7. The molecular weight excluding hydrogens is 430 g/mol. The van der Waals surface area contributed by atoms with E-state index in [0.717, 1.165) is 29.9 Å². The van der Waals surface area contributed by atoms with E-state index in [1.807, 2.05) is 44.2 Å². The van der Waals surface area contributed by atoms with Gasteiger partial charge in [0.25, 0.3) is 5.89 Å². The van der Waals surface area contributed by atoms with Crippen molar-refractivity contribution in [2.45, 2.75) is 25.3 Å². The van der Waals surface area contributed by atoms with Gasteiger partial charge in [-0.1, -0.05) is 6.07 Å². The van der Waals surface area contributed by atoms with Crippen molar-refractivity contribution in [1.29, 1.82) is 5.26 Å². The van der Waals surface area contributed by atoms with Gasteiger partial charge in [0, 0.05) is 42.1 Å². The zero-order valence-electron chi connectivity index (χ0n) is 18.8. The minimum Gasteiger partial charge on any atom is -0.414 e. The first-order valence-corrected chi connectivity index (χ1v) is 10.8. The van der Waals surface area contributed by atoms with Crippen LogP contribution in [0.3, 0.4) is 0 Å². The van der Waals surface area contributed by atoms with Crippen molar-refractivity contribution < 1.29 is 4.42 Å². The minimum absolute atomic E-state index is 0.171. The number of nitriles is 1. The second kappa shape index (κ2) is 8.20. The standard InChI is InChI=1S/C24H23N9O/c1-24(2,13-25)19-9-14(6-7-28-19)18-10-29-21(27)20(30-18)23-32-31-22(34-23)15-4-3-5-17(8-15)33-11-16(26)12-33/h3-10,16H,11-12,26H2,1-2H3,(H2,27,29). The zero-order valence-corrected chi connectivity index (χ0v) is 18.8. The summed E-state index contributed by atoms with van der Waals surface area (Å²) in [6.07, 6.45) is 3.21. The number of nitrogens with two attached hydrogens (primary N) is 2. The molecule has 1 saturated heterocycles. The Labute approximate surface area is 196 Å². The average molecular weight is 454 g/mol. The molecule has 0 atom stereocenters. The Bertz CT molecular complexity index is 1400. The predicted molar refractivity (Wildman–Crippen MR) is 127 cm³/mol. The van der Waals surface area contributed by atoms with Crippen LogP contribution in [0.25, 0.3) is 34.3 Å². The van der Waals surface area contributed by atoms with Crippen LogP contribution in [0.5, 0.6) is 0 Å². The number of nitrogen functional groups attached to an aromatic ring is 1. The molecule has 0 spiro atoms. The van der Waals surface area contributed by atoms with Crippen molar-refractivity contribution in [2.75, 3.05) is 23.7 Å². The van der Waals surface area contributed by atoms with Crippen molar-refractivity contribution in [2.24, 2.45) is 5.73 Å². The van der Waals surface area contributed by atoms with Crippen LogP contribution in [0.15, 0.2) is 53.2 Å². The summed E-state index contributed by atoms with van der Waals surface area (Å²) in [7, 11) is 0. The third-order valence-corrected chi connectivity index (χ3v) is 5.77. The number of rotatable bonds is 5. The van der Waals surface area contributed by atoms with Crippen molar-refractivity contribution in [1.82, 2.24) is 25.1 Å². The number of hydrogen-bond acceptors (Lipinski definition) is 10. The highest BCUT2D eigenvalue weighted by atomic mass is 16.4. The summed E-state index contributed by atoms with van der Waals surface area (Å²) in [5, 5.41) is 17.8. The van der Waals surface area contributed by atoms with Crippen LogP contribution >= 0.6 is 0 Å². The van der Waals surface area contributed by atoms with Gasteiger partial charge in [-0.2, -0.15) is 5.26 Å². The molecule has 4 heterocycles. The van der Waals surface area contributed by atoms with E-state index < -0.39 is 5.41 Å². The lowest BCUT2D eigenvalue weighted by Gasteiger charge is -2.38. The zero-order chi connectivity index (χ0) is 23.9. The summed E-state index contributed by atoms with van der Waals surface area (Å²) in [6, 6.07) is 13.9. The van der Waals surface area contributed by atoms with Gasteiger partial charge in [-0.25, -0.2) is 9.97 Å². The predicted octanol–water partition coefficient (Wildman–Crippen LogP) is 2.79. The average Bonchev–Trinajstić information content (AvgIpc) is 3.33. The first-order valence-electron chi connectivity index (χ1n) is 10.8. The molecule has 4 aromatic rings. The van der Waals surface area contributed by atoms with Gasteiger partial charge in [-0.15, -0.1) is 10.2 Å². The highest BCUT2D eigenvalue weighted by Gasteiger charge is 2.25. The van der Waals surface area contributed by atoms with Gasteiger partial charge in [0.1, 0.15) is 0 Å². The maximum absolute atomic E-state index is 9.44. The molecule has 1 aliphatic heterocycles. The first kappa shape index (κ1) is 21.5. The summed E-state index contributed by atoms with van der Waals surface area (Å²) in [6.45, 7) is 5.26. The van der Waals surface area contributed by atoms with Gasteiger partial charge in [0.05, 0.1) is 29.1 Å². The number of benzene rings is 1. The summed E-state index contributed by atoms with van der Waals surface area (Å²) in [5.74, 6) is 0.703. The number of hydrogen-bond donors (Lipinski definition) is 2. The molecule has 0 unspecified atom stereocenters. The summed E-state index contributed by atoms with van der Waals surface area (Å²) in [4.78, 5) is 15.4. The van der Waals surface area contributed by atoms with Crippen LogP contribution in [0, 0.1) is 11.3 Å². The molecule has 0 aliphatic carbocycles. The van der Waals surface area contributed by atoms with Crippen LogP contribution in [-0.4, -0.2) is 44.3 Å². The van der Waals surface area contributed by atoms with Crippen LogP contribution in [-0.2, 0) is 5.41 Å². The van der Waals surface area contributed by atoms with E-state index in [1.54, 1.807) is 18.5 Å². The molecule has 4 N–H and O–H groups in total. The molecule has 1 aromatic carbocycles. The quantitative estimate of drug-likeness (QED) is 0.460. The van der Waals surface area contributed by atoms with E-state index in [1.165, 1.54) is 0 Å². The SMILES string of the molecule is CC(C)(C#N)c1cc(-c2cnc(N)c(-c3nnc(-c4cccc(N5CC(N)C5)c4)o3)n2)ccn1. The molecule has 0 saturated carbocycles. The molecular formula is C24H23N9O. The minimum atomic E-state index is -0.739. The van der Waals surface area contributed by atoms with Gasteiger partial charge in [0.2, 0.25) is 5.89 Å². The van der Waals surface area contributed by atoms with Crippen molar-refractivity contribution in [3.05, 3.63) is 54.5 Å². The fraction of sp³-hybridized carbons (Fsp3) is 0.250. The van der Waals surface area contributed by atoms with Gasteiger partial charge in [-0.05, 0) is 44.2 Å². The Morgan fingerprint density at radius 1 is 1.09 bits per heavy atom. The second-order valence-electron chi connectivity index (χ2n) is 8.78. The fourth-order valence-corrected chi connectivity index (χ4v) is 3.68. The maximum Gasteiger partial charge on any atom is 0.270 e. The number of aromatic nitrogens is 5. The Morgan fingerprint density at radius 2 is 1.88 bits per heavy atom. The maximum atomic E-state index is 9.44. The Hall–Kier alpha value is -4.36. The molecule has 1 aliphatic rings. The number of pyridine rings is 1. The van der Waals surface area contributed by atoms with Crippen molar-refractivity contribution >= 4 is 11.5 Å². The molecule has 10 nitrogen and oxygen atoms in total. The Kier molecular flexibility index (Phi) is 5.18. The highest BCUT2D eigenvalue weighted by Crippen LogP contribution is 2.31. The smallest absolute Gasteiger partial charge is 0.270 e.